The minimum Gasteiger partial charge on any atom is -0.349 e. The van der Waals surface area contributed by atoms with Crippen LogP contribution in [0.3, 0.4) is 0 Å². The van der Waals surface area contributed by atoms with Crippen LogP contribution in [-0.4, -0.2) is 52.5 Å². The van der Waals surface area contributed by atoms with Crippen molar-refractivity contribution >= 4 is 21.6 Å². The lowest BCUT2D eigenvalue weighted by Crippen LogP contribution is -2.43. The van der Waals surface area contributed by atoms with Gasteiger partial charge in [0.1, 0.15) is 5.82 Å². The average molecular weight is 405 g/mol. The van der Waals surface area contributed by atoms with E-state index in [9.17, 15) is 17.6 Å². The second-order valence-corrected chi connectivity index (χ2v) is 9.00. The van der Waals surface area contributed by atoms with E-state index in [0.717, 1.165) is 30.2 Å². The summed E-state index contributed by atoms with van der Waals surface area (Å²) in [5.74, 6) is -0.724. The molecule has 0 bridgehead atoms. The lowest BCUT2D eigenvalue weighted by Gasteiger charge is -2.29. The molecule has 2 aromatic rings. The van der Waals surface area contributed by atoms with Crippen LogP contribution in [0.15, 0.2) is 53.4 Å². The van der Waals surface area contributed by atoms with E-state index in [0.29, 0.717) is 11.3 Å². The van der Waals surface area contributed by atoms with Crippen LogP contribution in [0.5, 0.6) is 0 Å². The van der Waals surface area contributed by atoms with Crippen molar-refractivity contribution in [3.8, 4) is 0 Å². The molecule has 0 spiro atoms. The van der Waals surface area contributed by atoms with Crippen molar-refractivity contribution in [1.82, 2.24) is 10.2 Å². The van der Waals surface area contributed by atoms with Crippen LogP contribution in [0, 0.1) is 5.82 Å². The number of piperidine rings is 1. The van der Waals surface area contributed by atoms with Crippen molar-refractivity contribution < 1.29 is 17.6 Å². The van der Waals surface area contributed by atoms with E-state index < -0.39 is 15.8 Å². The number of hydrogen-bond donors (Lipinski definition) is 1. The summed E-state index contributed by atoms with van der Waals surface area (Å²) in [5, 5.41) is 2.99. The van der Waals surface area contributed by atoms with Gasteiger partial charge in [-0.1, -0.05) is 6.07 Å². The van der Waals surface area contributed by atoms with Crippen molar-refractivity contribution in [2.24, 2.45) is 0 Å². The van der Waals surface area contributed by atoms with Crippen molar-refractivity contribution in [2.75, 3.05) is 31.5 Å². The Morgan fingerprint density at radius 1 is 1.14 bits per heavy atom. The second-order valence-electron chi connectivity index (χ2n) is 7.03. The highest BCUT2D eigenvalue weighted by Gasteiger charge is 2.24. The molecule has 0 aromatic heterocycles. The van der Waals surface area contributed by atoms with Gasteiger partial charge in [0.25, 0.3) is 15.9 Å². The van der Waals surface area contributed by atoms with E-state index in [1.165, 1.54) is 43.4 Å². The molecular formula is C20H24FN3O3S. The van der Waals surface area contributed by atoms with Crippen LogP contribution < -0.4 is 9.62 Å². The molecule has 0 aliphatic carbocycles. The molecule has 1 aliphatic heterocycles. The molecule has 1 heterocycles. The Balaban J connectivity index is 1.77. The van der Waals surface area contributed by atoms with Gasteiger partial charge in [0.05, 0.1) is 10.6 Å². The normalized spacial score (nSPS) is 16.0. The Morgan fingerprint density at radius 3 is 2.43 bits per heavy atom. The molecule has 1 fully saturated rings. The van der Waals surface area contributed by atoms with Gasteiger partial charge in [-0.25, -0.2) is 12.8 Å². The molecule has 1 aliphatic rings. The van der Waals surface area contributed by atoms with Crippen LogP contribution in [0.1, 0.15) is 23.2 Å². The third-order valence-electron chi connectivity index (χ3n) is 5.00. The van der Waals surface area contributed by atoms with E-state index in [-0.39, 0.29) is 16.8 Å². The monoisotopic (exact) mass is 405 g/mol. The molecule has 6 nitrogen and oxygen atoms in total. The number of likely N-dealkylation sites (tertiary alicyclic amines) is 1. The third kappa shape index (κ3) is 4.51. The van der Waals surface area contributed by atoms with Gasteiger partial charge in [-0.05, 0) is 75.4 Å². The number of nitrogens with zero attached hydrogens (tertiary/aromatic N) is 2. The molecule has 0 saturated carbocycles. The van der Waals surface area contributed by atoms with E-state index in [4.69, 9.17) is 0 Å². The highest BCUT2D eigenvalue weighted by atomic mass is 32.2. The number of sulfonamides is 1. The molecule has 28 heavy (non-hydrogen) atoms. The highest BCUT2D eigenvalue weighted by molar-refractivity contribution is 7.92. The number of amides is 1. The number of hydrogen-bond acceptors (Lipinski definition) is 4. The number of carbonyl (C=O) groups excluding carboxylic acids is 1. The first kappa shape index (κ1) is 20.3. The Morgan fingerprint density at radius 2 is 1.79 bits per heavy atom. The van der Waals surface area contributed by atoms with Gasteiger partial charge in [0.15, 0.2) is 0 Å². The number of rotatable bonds is 5. The number of carbonyl (C=O) groups is 1. The first-order valence-corrected chi connectivity index (χ1v) is 10.6. The number of halogens is 1. The lowest BCUT2D eigenvalue weighted by molar-refractivity contribution is 0.0916. The molecule has 3 rings (SSSR count). The maximum atomic E-state index is 13.1. The zero-order valence-electron chi connectivity index (χ0n) is 15.9. The first-order chi connectivity index (χ1) is 13.3. The summed E-state index contributed by atoms with van der Waals surface area (Å²) in [6.45, 7) is 1.84. The topological polar surface area (TPSA) is 69.7 Å². The minimum absolute atomic E-state index is 0.00959. The Labute approximate surface area is 165 Å². The van der Waals surface area contributed by atoms with Gasteiger partial charge in [-0.15, -0.1) is 0 Å². The standard InChI is InChI=1S/C20H24FN3O3S/c1-23-12-10-17(11-13-23)22-20(25)15-4-3-5-19(14-15)28(26,27)24(2)18-8-6-16(21)7-9-18/h3-9,14,17H,10-13H2,1-2H3,(H,22,25). The summed E-state index contributed by atoms with van der Waals surface area (Å²) in [5.41, 5.74) is 0.634. The fourth-order valence-electron chi connectivity index (χ4n) is 3.17. The van der Waals surface area contributed by atoms with Crippen LogP contribution >= 0.6 is 0 Å². The van der Waals surface area contributed by atoms with Crippen LogP contribution in [-0.2, 0) is 10.0 Å². The van der Waals surface area contributed by atoms with E-state index >= 15 is 0 Å². The third-order valence-corrected chi connectivity index (χ3v) is 6.78. The van der Waals surface area contributed by atoms with Gasteiger partial charge >= 0.3 is 0 Å². The maximum absolute atomic E-state index is 13.1. The predicted octanol–water partition coefficient (Wildman–Crippen LogP) is 2.47. The van der Waals surface area contributed by atoms with E-state index in [2.05, 4.69) is 10.2 Å². The zero-order valence-corrected chi connectivity index (χ0v) is 16.7. The average Bonchev–Trinajstić information content (AvgIpc) is 2.70. The van der Waals surface area contributed by atoms with Gasteiger partial charge in [0.2, 0.25) is 0 Å². The van der Waals surface area contributed by atoms with Crippen LogP contribution in [0.25, 0.3) is 0 Å². The van der Waals surface area contributed by atoms with Crippen molar-refractivity contribution in [3.05, 3.63) is 59.9 Å². The second kappa shape index (κ2) is 8.28. The summed E-state index contributed by atoms with van der Waals surface area (Å²) >= 11 is 0. The number of benzene rings is 2. The Bertz CT molecular complexity index is 939. The molecule has 1 N–H and O–H groups in total. The summed E-state index contributed by atoms with van der Waals surface area (Å²) < 4.78 is 40.0. The lowest BCUT2D eigenvalue weighted by atomic mass is 10.0. The molecule has 2 aromatic carbocycles. The Hall–Kier alpha value is -2.45. The van der Waals surface area contributed by atoms with Gasteiger partial charge in [0, 0.05) is 18.7 Å². The highest BCUT2D eigenvalue weighted by Crippen LogP contribution is 2.23. The molecule has 1 amide bonds. The zero-order chi connectivity index (χ0) is 20.3. The molecule has 150 valence electrons. The molecule has 0 unspecified atom stereocenters. The number of anilines is 1. The number of nitrogens with one attached hydrogen (secondary N) is 1. The predicted molar refractivity (Wildman–Crippen MR) is 106 cm³/mol. The van der Waals surface area contributed by atoms with Crippen molar-refractivity contribution in [2.45, 2.75) is 23.8 Å². The van der Waals surface area contributed by atoms with Gasteiger partial charge < -0.3 is 10.2 Å². The molecule has 1 saturated heterocycles. The summed E-state index contributed by atoms with van der Waals surface area (Å²) in [7, 11) is -0.435. The van der Waals surface area contributed by atoms with Crippen molar-refractivity contribution in [1.29, 1.82) is 0 Å². The molecule has 8 heteroatoms. The Kier molecular flexibility index (Phi) is 6.00. The maximum Gasteiger partial charge on any atom is 0.264 e. The fourth-order valence-corrected chi connectivity index (χ4v) is 4.41. The largest absolute Gasteiger partial charge is 0.349 e. The minimum atomic E-state index is -3.88. The summed E-state index contributed by atoms with van der Waals surface area (Å²) in [6.07, 6.45) is 1.74. The quantitative estimate of drug-likeness (QED) is 0.830. The van der Waals surface area contributed by atoms with E-state index in [1.807, 2.05) is 7.05 Å². The summed E-state index contributed by atoms with van der Waals surface area (Å²) in [6, 6.07) is 11.2. The first-order valence-electron chi connectivity index (χ1n) is 9.11. The van der Waals surface area contributed by atoms with Crippen molar-refractivity contribution in [3.63, 3.8) is 0 Å². The van der Waals surface area contributed by atoms with E-state index in [1.54, 1.807) is 12.1 Å². The molecule has 0 radical (unpaired) electrons. The summed E-state index contributed by atoms with van der Waals surface area (Å²) in [4.78, 5) is 14.8. The SMILES string of the molecule is CN1CCC(NC(=O)c2cccc(S(=O)(=O)N(C)c3ccc(F)cc3)c2)CC1. The smallest absolute Gasteiger partial charge is 0.264 e. The molecule has 0 atom stereocenters. The van der Waals surface area contributed by atoms with Crippen LogP contribution in [0.4, 0.5) is 10.1 Å². The van der Waals surface area contributed by atoms with Gasteiger partial charge in [-0.2, -0.15) is 0 Å². The van der Waals surface area contributed by atoms with Crippen LogP contribution in [0.2, 0.25) is 0 Å². The van der Waals surface area contributed by atoms with Gasteiger partial charge in [-0.3, -0.25) is 9.10 Å². The fraction of sp³-hybridized carbons (Fsp3) is 0.350. The molecular weight excluding hydrogens is 381 g/mol.